The van der Waals surface area contributed by atoms with E-state index >= 15 is 0 Å². The Kier molecular flexibility index (Phi) is 8.99. The number of halogens is 1. The van der Waals surface area contributed by atoms with Crippen molar-refractivity contribution in [3.63, 3.8) is 0 Å². The second-order valence-corrected chi connectivity index (χ2v) is 13.1. The molecule has 1 N–H and O–H groups in total. The molecule has 0 spiro atoms. The number of alkyl halides is 1. The van der Waals surface area contributed by atoms with Crippen LogP contribution in [-0.4, -0.2) is 69.6 Å². The molecule has 2 saturated heterocycles. The molecule has 2 aliphatic rings. The van der Waals surface area contributed by atoms with Crippen LogP contribution >= 0.6 is 7.75 Å². The van der Waals surface area contributed by atoms with Gasteiger partial charge in [-0.25, -0.2) is 8.96 Å². The Hall–Kier alpha value is 0.400. The van der Waals surface area contributed by atoms with E-state index in [1.807, 2.05) is 57.2 Å². The molecule has 0 saturated carbocycles. The summed E-state index contributed by atoms with van der Waals surface area (Å²) in [5.41, 5.74) is -0.265. The minimum Gasteiger partial charge on any atom is -0.598 e. The number of hydrogen-bond donors (Lipinski definition) is 1. The molecule has 174 valence electrons. The molecule has 30 heavy (non-hydrogen) atoms. The van der Waals surface area contributed by atoms with Crippen LogP contribution in [0.5, 0.6) is 0 Å². The molecule has 0 radical (unpaired) electrons. The summed E-state index contributed by atoms with van der Waals surface area (Å²) in [4.78, 5) is 0. The third-order valence-corrected chi connectivity index (χ3v) is 9.04. The minimum atomic E-state index is -4.01. The summed E-state index contributed by atoms with van der Waals surface area (Å²) in [6.07, 6.45) is -1.61. The molecule has 2 rings (SSSR count). The van der Waals surface area contributed by atoms with E-state index in [1.54, 1.807) is 0 Å². The lowest BCUT2D eigenvalue weighted by molar-refractivity contribution is -0.0357. The average molecular weight is 467 g/mol. The first kappa shape index (κ1) is 26.7. The van der Waals surface area contributed by atoms with Crippen molar-refractivity contribution in [3.05, 3.63) is 0 Å². The number of rotatable bonds is 8. The number of ether oxygens (including phenoxy) is 2. The summed E-state index contributed by atoms with van der Waals surface area (Å²) >= 11 is -1.66. The zero-order valence-electron chi connectivity index (χ0n) is 19.6. The first-order chi connectivity index (χ1) is 13.7. The van der Waals surface area contributed by atoms with Gasteiger partial charge in [0.1, 0.15) is 34.2 Å². The third kappa shape index (κ3) is 6.25. The van der Waals surface area contributed by atoms with Gasteiger partial charge in [0, 0.05) is 35.2 Å². The van der Waals surface area contributed by atoms with Gasteiger partial charge in [-0.3, -0.25) is 9.05 Å². The van der Waals surface area contributed by atoms with Crippen molar-refractivity contribution in [2.75, 3.05) is 12.9 Å². The predicted octanol–water partition coefficient (Wildman–Crippen LogP) is 1.39. The van der Waals surface area contributed by atoms with Crippen molar-refractivity contribution < 1.29 is 32.0 Å². The maximum absolute atomic E-state index is 14.9. The Morgan fingerprint density at radius 2 is 1.87 bits per heavy atom. The van der Waals surface area contributed by atoms with Crippen LogP contribution in [0.15, 0.2) is 0 Å². The Morgan fingerprint density at radius 3 is 2.33 bits per heavy atom. The molecular weight excluding hydrogens is 430 g/mol. The number of nitrogens with one attached hydrogen (secondary N) is 1. The Morgan fingerprint density at radius 1 is 1.27 bits per heavy atom. The molecule has 0 aliphatic carbocycles. The first-order valence-corrected chi connectivity index (χ1v) is 13.8. The molecule has 0 bridgehead atoms. The van der Waals surface area contributed by atoms with E-state index in [-0.39, 0.29) is 47.9 Å². The van der Waals surface area contributed by atoms with Crippen LogP contribution in [0.3, 0.4) is 0 Å². The molecule has 12 heteroatoms. The second kappa shape index (κ2) is 10.1. The van der Waals surface area contributed by atoms with E-state index in [1.165, 1.54) is 6.26 Å². The van der Waals surface area contributed by atoms with Crippen LogP contribution in [-0.2, 0) is 34.4 Å². The van der Waals surface area contributed by atoms with Crippen molar-refractivity contribution >= 4 is 34.8 Å². The molecule has 2 aliphatic heterocycles. The van der Waals surface area contributed by atoms with Gasteiger partial charge >= 0.3 is 7.75 Å². The van der Waals surface area contributed by atoms with Crippen LogP contribution in [0.25, 0.3) is 0 Å². The van der Waals surface area contributed by atoms with Gasteiger partial charge < -0.3 is 14.0 Å². The SMILES string of the molecule is BC1OC(C(C)(C)C)C(OP(=O)(N[S+](C)[O-])OCC2OC(B)C(C(C)C)C2F)C1C. The lowest BCUT2D eigenvalue weighted by Crippen LogP contribution is -2.40. The van der Waals surface area contributed by atoms with Gasteiger partial charge in [0.25, 0.3) is 0 Å². The van der Waals surface area contributed by atoms with Crippen LogP contribution in [0.2, 0.25) is 0 Å². The van der Waals surface area contributed by atoms with Gasteiger partial charge in [-0.15, -0.1) is 0 Å². The quantitative estimate of drug-likeness (QED) is 0.328. The summed E-state index contributed by atoms with van der Waals surface area (Å²) in [6.45, 7) is 11.7. The normalized spacial score (nSPS) is 40.6. The lowest BCUT2D eigenvalue weighted by Gasteiger charge is -2.33. The van der Waals surface area contributed by atoms with Crippen LogP contribution in [0, 0.1) is 23.2 Å². The van der Waals surface area contributed by atoms with Crippen LogP contribution in [0.4, 0.5) is 4.39 Å². The Labute approximate surface area is 185 Å². The van der Waals surface area contributed by atoms with Crippen molar-refractivity contribution in [2.24, 2.45) is 23.2 Å². The molecule has 7 nitrogen and oxygen atoms in total. The summed E-state index contributed by atoms with van der Waals surface area (Å²) in [6, 6.07) is -0.364. The smallest absolute Gasteiger partial charge is 0.447 e. The summed E-state index contributed by atoms with van der Waals surface area (Å²) in [7, 11) is -0.240. The Bertz CT molecular complexity index is 628. The monoisotopic (exact) mass is 467 g/mol. The highest BCUT2D eigenvalue weighted by Gasteiger charge is 2.51. The molecule has 2 fully saturated rings. The molecule has 10 atom stereocenters. The highest BCUT2D eigenvalue weighted by atomic mass is 32.2. The maximum Gasteiger partial charge on any atom is 0.447 e. The van der Waals surface area contributed by atoms with Gasteiger partial charge in [-0.05, 0) is 15.8 Å². The molecular formula is C18H37B2FNO6PS. The molecule has 2 heterocycles. The van der Waals surface area contributed by atoms with E-state index in [0.29, 0.717) is 0 Å². The van der Waals surface area contributed by atoms with E-state index < -0.39 is 37.5 Å². The maximum atomic E-state index is 14.9. The van der Waals surface area contributed by atoms with Crippen molar-refractivity contribution in [1.29, 1.82) is 0 Å². The lowest BCUT2D eigenvalue weighted by atomic mass is 9.78. The van der Waals surface area contributed by atoms with Crippen LogP contribution in [0.1, 0.15) is 41.5 Å². The van der Waals surface area contributed by atoms with E-state index in [2.05, 4.69) is 4.49 Å². The van der Waals surface area contributed by atoms with Gasteiger partial charge in [-0.2, -0.15) is 0 Å². The van der Waals surface area contributed by atoms with E-state index in [0.717, 1.165) is 0 Å². The summed E-state index contributed by atoms with van der Waals surface area (Å²) in [5.74, 6) is -0.211. The fourth-order valence-corrected chi connectivity index (χ4v) is 7.05. The van der Waals surface area contributed by atoms with Gasteiger partial charge in [0.2, 0.25) is 0 Å². The first-order valence-electron chi connectivity index (χ1n) is 10.7. The summed E-state index contributed by atoms with van der Waals surface area (Å²) < 4.78 is 66.0. The second-order valence-electron chi connectivity index (χ2n) is 10.0. The van der Waals surface area contributed by atoms with Crippen molar-refractivity contribution in [1.82, 2.24) is 4.49 Å². The topological polar surface area (TPSA) is 89.1 Å². The van der Waals surface area contributed by atoms with Gasteiger partial charge in [-0.1, -0.05) is 41.5 Å². The van der Waals surface area contributed by atoms with Crippen LogP contribution < -0.4 is 4.49 Å². The standard InChI is InChI=1S/C18H37B2FNO6PS/c1-9(2)12-13(21)11(26-17(12)20)8-25-29(23,22-30(7)24)28-14-10(3)16(19)27-15(14)18(4,5)6/h9-17H,8,19-20H2,1-7H3,(H,22,23). The highest BCUT2D eigenvalue weighted by molar-refractivity contribution is 7.94. The fraction of sp³-hybridized carbons (Fsp3) is 1.00. The molecule has 0 aromatic carbocycles. The predicted molar refractivity (Wildman–Crippen MR) is 122 cm³/mol. The molecule has 10 unspecified atom stereocenters. The molecule has 0 aromatic rings. The zero-order valence-corrected chi connectivity index (χ0v) is 21.3. The third-order valence-electron chi connectivity index (χ3n) is 6.11. The zero-order chi connectivity index (χ0) is 23.0. The minimum absolute atomic E-state index is 0.0553. The summed E-state index contributed by atoms with van der Waals surface area (Å²) in [5, 5.41) is 0. The van der Waals surface area contributed by atoms with Gasteiger partial charge in [0.15, 0.2) is 0 Å². The highest BCUT2D eigenvalue weighted by Crippen LogP contribution is 2.51. The van der Waals surface area contributed by atoms with E-state index in [4.69, 9.17) is 18.5 Å². The largest absolute Gasteiger partial charge is 0.598 e. The molecule has 0 amide bonds. The Balaban J connectivity index is 2.15. The van der Waals surface area contributed by atoms with E-state index in [9.17, 15) is 13.5 Å². The number of hydrogen-bond acceptors (Lipinski definition) is 6. The van der Waals surface area contributed by atoms with Crippen molar-refractivity contribution in [2.45, 2.75) is 78.0 Å². The molecule has 0 aromatic heterocycles. The van der Waals surface area contributed by atoms with Gasteiger partial charge in [0.05, 0.1) is 18.8 Å². The fourth-order valence-electron chi connectivity index (χ4n) is 4.38. The van der Waals surface area contributed by atoms with Crippen molar-refractivity contribution in [3.8, 4) is 0 Å². The average Bonchev–Trinajstić information content (AvgIpc) is 3.02.